The van der Waals surface area contributed by atoms with E-state index in [0.29, 0.717) is 5.56 Å². The number of halogens is 1. The molecular formula is C11H14FNO. The fourth-order valence-electron chi connectivity index (χ4n) is 1.67. The number of aryl methyl sites for hydroxylation is 1. The molecule has 1 N–H and O–H groups in total. The Labute approximate surface area is 83.1 Å². The minimum Gasteiger partial charge on any atom is -0.411 e. The second kappa shape index (κ2) is 4.22. The maximum Gasteiger partial charge on any atom is 0.132 e. The van der Waals surface area contributed by atoms with Crippen LogP contribution < -0.4 is 0 Å². The predicted molar refractivity (Wildman–Crippen MR) is 54.6 cm³/mol. The van der Waals surface area contributed by atoms with Gasteiger partial charge in [0.15, 0.2) is 0 Å². The topological polar surface area (TPSA) is 32.6 Å². The van der Waals surface area contributed by atoms with E-state index in [0.717, 1.165) is 17.3 Å². The molecule has 0 amide bonds. The standard InChI is InChI=1S/C11H14FNO/c1-7(2)11-8(3)4-5-10(12)9(11)6-13-14/h4-7,14H,1-3H3/b13-6+. The predicted octanol–water partition coefficient (Wildman–Crippen LogP) is 3.07. The van der Waals surface area contributed by atoms with Gasteiger partial charge in [-0.2, -0.15) is 0 Å². The summed E-state index contributed by atoms with van der Waals surface area (Å²) >= 11 is 0. The van der Waals surface area contributed by atoms with E-state index in [9.17, 15) is 4.39 Å². The Kier molecular flexibility index (Phi) is 3.23. The van der Waals surface area contributed by atoms with Crippen LogP contribution in [0.1, 0.15) is 36.5 Å². The zero-order chi connectivity index (χ0) is 10.7. The van der Waals surface area contributed by atoms with Gasteiger partial charge in [-0.3, -0.25) is 0 Å². The fraction of sp³-hybridized carbons (Fsp3) is 0.364. The molecule has 14 heavy (non-hydrogen) atoms. The Hall–Kier alpha value is -1.38. The van der Waals surface area contributed by atoms with E-state index < -0.39 is 0 Å². The molecule has 0 aliphatic heterocycles. The third kappa shape index (κ3) is 1.92. The van der Waals surface area contributed by atoms with Crippen molar-refractivity contribution in [3.63, 3.8) is 0 Å². The molecule has 0 saturated carbocycles. The molecule has 0 aliphatic carbocycles. The normalized spacial score (nSPS) is 11.5. The van der Waals surface area contributed by atoms with E-state index in [1.54, 1.807) is 6.07 Å². The average molecular weight is 195 g/mol. The van der Waals surface area contributed by atoms with Crippen molar-refractivity contribution >= 4 is 6.21 Å². The monoisotopic (exact) mass is 195 g/mol. The van der Waals surface area contributed by atoms with Crippen LogP contribution in [0.4, 0.5) is 4.39 Å². The lowest BCUT2D eigenvalue weighted by Crippen LogP contribution is -2.02. The molecule has 0 fully saturated rings. The highest BCUT2D eigenvalue weighted by Crippen LogP contribution is 2.24. The summed E-state index contributed by atoms with van der Waals surface area (Å²) in [6.07, 6.45) is 1.15. The summed E-state index contributed by atoms with van der Waals surface area (Å²) < 4.78 is 13.4. The van der Waals surface area contributed by atoms with Crippen molar-refractivity contribution in [3.8, 4) is 0 Å². The van der Waals surface area contributed by atoms with Gasteiger partial charge in [0.1, 0.15) is 5.82 Å². The van der Waals surface area contributed by atoms with Gasteiger partial charge in [-0.1, -0.05) is 25.1 Å². The van der Waals surface area contributed by atoms with Gasteiger partial charge in [-0.25, -0.2) is 4.39 Å². The first-order chi connectivity index (χ1) is 6.57. The Morgan fingerprint density at radius 2 is 2.07 bits per heavy atom. The van der Waals surface area contributed by atoms with E-state index in [1.807, 2.05) is 20.8 Å². The number of hydrogen-bond acceptors (Lipinski definition) is 2. The molecule has 1 rings (SSSR count). The minimum absolute atomic E-state index is 0.207. The molecule has 0 spiro atoms. The van der Waals surface area contributed by atoms with Gasteiger partial charge in [-0.15, -0.1) is 0 Å². The van der Waals surface area contributed by atoms with Crippen molar-refractivity contribution in [1.82, 2.24) is 0 Å². The molecule has 0 saturated heterocycles. The highest BCUT2D eigenvalue weighted by atomic mass is 19.1. The van der Waals surface area contributed by atoms with Crippen LogP contribution >= 0.6 is 0 Å². The summed E-state index contributed by atoms with van der Waals surface area (Å²) in [6, 6.07) is 3.12. The summed E-state index contributed by atoms with van der Waals surface area (Å²) in [5, 5.41) is 11.3. The van der Waals surface area contributed by atoms with E-state index in [1.165, 1.54) is 6.07 Å². The molecule has 1 aromatic carbocycles. The lowest BCUT2D eigenvalue weighted by Gasteiger charge is -2.13. The largest absolute Gasteiger partial charge is 0.411 e. The summed E-state index contributed by atoms with van der Waals surface area (Å²) in [4.78, 5) is 0. The first-order valence-corrected chi connectivity index (χ1v) is 4.54. The first-order valence-electron chi connectivity index (χ1n) is 4.54. The van der Waals surface area contributed by atoms with E-state index in [-0.39, 0.29) is 11.7 Å². The summed E-state index contributed by atoms with van der Waals surface area (Å²) in [5.41, 5.74) is 2.28. The number of rotatable bonds is 2. The zero-order valence-electron chi connectivity index (χ0n) is 8.58. The Balaban J connectivity index is 3.41. The average Bonchev–Trinajstić information content (AvgIpc) is 2.11. The lowest BCUT2D eigenvalue weighted by molar-refractivity contribution is 0.321. The molecule has 0 heterocycles. The maximum absolute atomic E-state index is 13.4. The van der Waals surface area contributed by atoms with Crippen LogP contribution in [0.3, 0.4) is 0 Å². The van der Waals surface area contributed by atoms with Crippen LogP contribution in [0.2, 0.25) is 0 Å². The molecule has 0 bridgehead atoms. The molecule has 0 radical (unpaired) electrons. The third-order valence-electron chi connectivity index (χ3n) is 2.22. The zero-order valence-corrected chi connectivity index (χ0v) is 8.58. The van der Waals surface area contributed by atoms with Crippen LogP contribution in [-0.4, -0.2) is 11.4 Å². The Morgan fingerprint density at radius 3 is 2.57 bits per heavy atom. The van der Waals surface area contributed by atoms with E-state index >= 15 is 0 Å². The number of hydrogen-bond donors (Lipinski definition) is 1. The van der Waals surface area contributed by atoms with E-state index in [2.05, 4.69) is 5.16 Å². The molecule has 0 unspecified atom stereocenters. The summed E-state index contributed by atoms with van der Waals surface area (Å²) in [7, 11) is 0. The maximum atomic E-state index is 13.4. The van der Waals surface area contributed by atoms with Crippen LogP contribution in [0, 0.1) is 12.7 Å². The summed E-state index contributed by atoms with van der Waals surface area (Å²) in [6.45, 7) is 5.89. The number of oxime groups is 1. The smallest absolute Gasteiger partial charge is 0.132 e. The molecule has 0 aliphatic rings. The molecule has 0 atom stereocenters. The van der Waals surface area contributed by atoms with E-state index in [4.69, 9.17) is 5.21 Å². The number of benzene rings is 1. The molecule has 3 heteroatoms. The van der Waals surface area contributed by atoms with Crippen LogP contribution in [-0.2, 0) is 0 Å². The minimum atomic E-state index is -0.350. The quantitative estimate of drug-likeness (QED) is 0.439. The van der Waals surface area contributed by atoms with Gasteiger partial charge in [-0.05, 0) is 30.0 Å². The van der Waals surface area contributed by atoms with Gasteiger partial charge >= 0.3 is 0 Å². The molecule has 76 valence electrons. The molecule has 2 nitrogen and oxygen atoms in total. The number of nitrogens with zero attached hydrogens (tertiary/aromatic N) is 1. The van der Waals surface area contributed by atoms with Gasteiger partial charge in [0.25, 0.3) is 0 Å². The molecule has 1 aromatic rings. The first kappa shape index (κ1) is 10.7. The van der Waals surface area contributed by atoms with Gasteiger partial charge in [0, 0.05) is 5.56 Å². The van der Waals surface area contributed by atoms with Crippen molar-refractivity contribution in [3.05, 3.63) is 34.6 Å². The third-order valence-corrected chi connectivity index (χ3v) is 2.22. The van der Waals surface area contributed by atoms with Crippen LogP contribution in [0.5, 0.6) is 0 Å². The molecule has 0 aromatic heterocycles. The van der Waals surface area contributed by atoms with Gasteiger partial charge < -0.3 is 5.21 Å². The van der Waals surface area contributed by atoms with Crippen molar-refractivity contribution in [2.24, 2.45) is 5.16 Å². The van der Waals surface area contributed by atoms with Gasteiger partial charge in [0.2, 0.25) is 0 Å². The SMILES string of the molecule is Cc1ccc(F)c(/C=N/O)c1C(C)C. The summed E-state index contributed by atoms with van der Waals surface area (Å²) in [5.74, 6) is -0.143. The fourth-order valence-corrected chi connectivity index (χ4v) is 1.67. The second-order valence-corrected chi connectivity index (χ2v) is 3.59. The molecular weight excluding hydrogens is 181 g/mol. The lowest BCUT2D eigenvalue weighted by atomic mass is 9.93. The van der Waals surface area contributed by atoms with Crippen molar-refractivity contribution in [2.45, 2.75) is 26.7 Å². The second-order valence-electron chi connectivity index (χ2n) is 3.59. The Bertz CT molecular complexity index is 359. The van der Waals surface area contributed by atoms with Crippen molar-refractivity contribution < 1.29 is 9.60 Å². The van der Waals surface area contributed by atoms with Crippen molar-refractivity contribution in [2.75, 3.05) is 0 Å². The highest BCUT2D eigenvalue weighted by Gasteiger charge is 2.12. The Morgan fingerprint density at radius 1 is 1.43 bits per heavy atom. The highest BCUT2D eigenvalue weighted by molar-refractivity contribution is 5.82. The van der Waals surface area contributed by atoms with Crippen LogP contribution in [0.15, 0.2) is 17.3 Å². The van der Waals surface area contributed by atoms with Gasteiger partial charge in [0.05, 0.1) is 6.21 Å². The van der Waals surface area contributed by atoms with Crippen LogP contribution in [0.25, 0.3) is 0 Å². The van der Waals surface area contributed by atoms with Crippen molar-refractivity contribution in [1.29, 1.82) is 0 Å².